The second-order valence-electron chi connectivity index (χ2n) is 2.57. The normalized spacial score (nSPS) is 32.5. The van der Waals surface area contributed by atoms with E-state index >= 15 is 0 Å². The van der Waals surface area contributed by atoms with Crippen LogP contribution in [0.1, 0.15) is 19.8 Å². The molecule has 0 aliphatic heterocycles. The van der Waals surface area contributed by atoms with Gasteiger partial charge in [0.15, 0.2) is 0 Å². The highest BCUT2D eigenvalue weighted by Crippen LogP contribution is 2.06. The topological polar surface area (TPSA) is 26.0 Å². The van der Waals surface area contributed by atoms with Gasteiger partial charge in [-0.25, -0.2) is 0 Å². The predicted octanol–water partition coefficient (Wildman–Crippen LogP) is 2.13. The third kappa shape index (κ3) is 2.09. The summed E-state index contributed by atoms with van der Waals surface area (Å²) >= 11 is 0. The van der Waals surface area contributed by atoms with Gasteiger partial charge in [-0.1, -0.05) is 18.2 Å². The number of nitrogens with two attached hydrogens (primary N) is 1. The lowest BCUT2D eigenvalue weighted by atomic mass is 10.1. The number of rotatable bonds is 0. The average molecular weight is 135 g/mol. The van der Waals surface area contributed by atoms with Gasteiger partial charge in [0, 0.05) is 5.70 Å². The molecule has 0 aromatic carbocycles. The molecule has 0 amide bonds. The quantitative estimate of drug-likeness (QED) is 0.541. The van der Waals surface area contributed by atoms with Gasteiger partial charge in [-0.15, -0.1) is 0 Å². The van der Waals surface area contributed by atoms with Crippen molar-refractivity contribution in [1.82, 2.24) is 0 Å². The molecule has 0 saturated carbocycles. The van der Waals surface area contributed by atoms with Gasteiger partial charge in [0.05, 0.1) is 0 Å². The Labute approximate surface area is 61.9 Å². The molecule has 0 fully saturated rings. The standard InChI is InChI=1S/C9H13N/c1-8-5-3-2-4-6-9(10)7-8/h3,5-7H,2,4,10H2,1H3/b5-3+,8-7-,9-6+. The maximum atomic E-state index is 5.65. The van der Waals surface area contributed by atoms with Crippen LogP contribution in [-0.2, 0) is 0 Å². The smallest absolute Gasteiger partial charge is 0.0276 e. The summed E-state index contributed by atoms with van der Waals surface area (Å²) in [6, 6.07) is 0. The molecule has 2 N–H and O–H groups in total. The van der Waals surface area contributed by atoms with E-state index in [4.69, 9.17) is 5.73 Å². The molecule has 0 radical (unpaired) electrons. The predicted molar refractivity (Wildman–Crippen MR) is 44.4 cm³/mol. The minimum Gasteiger partial charge on any atom is -0.399 e. The maximum Gasteiger partial charge on any atom is 0.0276 e. The number of hydrogen-bond acceptors (Lipinski definition) is 1. The van der Waals surface area contributed by atoms with E-state index < -0.39 is 0 Å². The summed E-state index contributed by atoms with van der Waals surface area (Å²) in [5.41, 5.74) is 7.77. The minimum atomic E-state index is 0.891. The molecule has 54 valence electrons. The van der Waals surface area contributed by atoms with Gasteiger partial charge < -0.3 is 5.73 Å². The molecule has 0 bridgehead atoms. The zero-order valence-electron chi connectivity index (χ0n) is 6.30. The van der Waals surface area contributed by atoms with Gasteiger partial charge >= 0.3 is 0 Å². The fraction of sp³-hybridized carbons (Fsp3) is 0.333. The summed E-state index contributed by atoms with van der Waals surface area (Å²) in [6.07, 6.45) is 10.5. The Hall–Kier alpha value is -0.980. The zero-order chi connectivity index (χ0) is 7.40. The number of hydrogen-bond donors (Lipinski definition) is 1. The van der Waals surface area contributed by atoms with Gasteiger partial charge in [-0.2, -0.15) is 0 Å². The molecule has 0 aromatic rings. The van der Waals surface area contributed by atoms with Crippen molar-refractivity contribution in [2.24, 2.45) is 5.73 Å². The Morgan fingerprint density at radius 2 is 2.20 bits per heavy atom. The molecule has 1 aliphatic carbocycles. The molecule has 1 heteroatoms. The molecule has 0 atom stereocenters. The van der Waals surface area contributed by atoms with Crippen molar-refractivity contribution in [1.29, 1.82) is 0 Å². The van der Waals surface area contributed by atoms with Crippen molar-refractivity contribution in [3.05, 3.63) is 35.6 Å². The van der Waals surface area contributed by atoms with Crippen LogP contribution in [0.15, 0.2) is 35.6 Å². The Morgan fingerprint density at radius 1 is 1.40 bits per heavy atom. The Bertz CT molecular complexity index is 197. The van der Waals surface area contributed by atoms with Gasteiger partial charge in [0.2, 0.25) is 0 Å². The number of allylic oxidation sites excluding steroid dienone is 5. The second kappa shape index (κ2) is 3.25. The lowest BCUT2D eigenvalue weighted by molar-refractivity contribution is 1.03. The van der Waals surface area contributed by atoms with Crippen molar-refractivity contribution >= 4 is 0 Å². The summed E-state index contributed by atoms with van der Waals surface area (Å²) in [5, 5.41) is 0. The molecule has 0 heterocycles. The highest BCUT2D eigenvalue weighted by Gasteiger charge is 1.89. The van der Waals surface area contributed by atoms with Crippen LogP contribution in [0.25, 0.3) is 0 Å². The highest BCUT2D eigenvalue weighted by atomic mass is 14.6. The molecule has 0 aromatic heterocycles. The first kappa shape index (κ1) is 7.13. The van der Waals surface area contributed by atoms with Crippen LogP contribution < -0.4 is 5.73 Å². The summed E-state index contributed by atoms with van der Waals surface area (Å²) in [4.78, 5) is 0. The van der Waals surface area contributed by atoms with E-state index in [1.165, 1.54) is 5.57 Å². The van der Waals surface area contributed by atoms with Crippen LogP contribution in [0.3, 0.4) is 0 Å². The monoisotopic (exact) mass is 135 g/mol. The second-order valence-corrected chi connectivity index (χ2v) is 2.57. The van der Waals surface area contributed by atoms with Crippen molar-refractivity contribution in [3.8, 4) is 0 Å². The van der Waals surface area contributed by atoms with Gasteiger partial charge in [0.1, 0.15) is 0 Å². The van der Waals surface area contributed by atoms with Crippen LogP contribution in [-0.4, -0.2) is 0 Å². The summed E-state index contributed by atoms with van der Waals surface area (Å²) in [5.74, 6) is 0. The van der Waals surface area contributed by atoms with Crippen molar-refractivity contribution < 1.29 is 0 Å². The molecule has 0 unspecified atom stereocenters. The zero-order valence-corrected chi connectivity index (χ0v) is 6.30. The molecule has 1 aliphatic rings. The average Bonchev–Trinajstić information content (AvgIpc) is 1.83. The fourth-order valence-electron chi connectivity index (χ4n) is 0.985. The molecule has 1 rings (SSSR count). The van der Waals surface area contributed by atoms with Crippen molar-refractivity contribution in [2.45, 2.75) is 19.8 Å². The molecular weight excluding hydrogens is 122 g/mol. The third-order valence-corrected chi connectivity index (χ3v) is 1.49. The molecule has 1 nitrogen and oxygen atoms in total. The van der Waals surface area contributed by atoms with E-state index in [9.17, 15) is 0 Å². The van der Waals surface area contributed by atoms with Gasteiger partial charge in [-0.3, -0.25) is 0 Å². The summed E-state index contributed by atoms with van der Waals surface area (Å²) in [7, 11) is 0. The van der Waals surface area contributed by atoms with Crippen LogP contribution in [0.5, 0.6) is 0 Å². The highest BCUT2D eigenvalue weighted by molar-refractivity contribution is 5.28. The molecular formula is C9H13N. The fourth-order valence-corrected chi connectivity index (χ4v) is 0.985. The van der Waals surface area contributed by atoms with Crippen LogP contribution >= 0.6 is 0 Å². The van der Waals surface area contributed by atoms with E-state index in [0.717, 1.165) is 18.5 Å². The largest absolute Gasteiger partial charge is 0.399 e. The van der Waals surface area contributed by atoms with E-state index in [-0.39, 0.29) is 0 Å². The Morgan fingerprint density at radius 3 is 3.00 bits per heavy atom. The Balaban J connectivity index is 2.79. The molecule has 10 heavy (non-hydrogen) atoms. The molecule has 0 spiro atoms. The Kier molecular flexibility index (Phi) is 2.32. The minimum absolute atomic E-state index is 0.891. The lowest BCUT2D eigenvalue weighted by Crippen LogP contribution is -1.94. The van der Waals surface area contributed by atoms with Crippen molar-refractivity contribution in [2.75, 3.05) is 0 Å². The summed E-state index contributed by atoms with van der Waals surface area (Å²) < 4.78 is 0. The molecule has 0 saturated heterocycles. The van der Waals surface area contributed by atoms with Gasteiger partial charge in [0.25, 0.3) is 0 Å². The van der Waals surface area contributed by atoms with Crippen LogP contribution in [0.2, 0.25) is 0 Å². The van der Waals surface area contributed by atoms with Crippen molar-refractivity contribution in [3.63, 3.8) is 0 Å². The first-order valence-electron chi connectivity index (χ1n) is 3.59. The maximum absolute atomic E-state index is 5.65. The first-order valence-corrected chi connectivity index (χ1v) is 3.59. The van der Waals surface area contributed by atoms with E-state index in [0.29, 0.717) is 0 Å². The van der Waals surface area contributed by atoms with Crippen LogP contribution in [0.4, 0.5) is 0 Å². The van der Waals surface area contributed by atoms with Gasteiger partial charge in [-0.05, 0) is 31.4 Å². The lowest BCUT2D eigenvalue weighted by Gasteiger charge is -1.98. The SMILES string of the molecule is CC1=C/C(N)=C\CC\C=C\1. The van der Waals surface area contributed by atoms with E-state index in [2.05, 4.69) is 25.2 Å². The first-order chi connectivity index (χ1) is 4.79. The van der Waals surface area contributed by atoms with E-state index in [1.54, 1.807) is 0 Å². The third-order valence-electron chi connectivity index (χ3n) is 1.49. The summed E-state index contributed by atoms with van der Waals surface area (Å²) in [6.45, 7) is 2.06. The van der Waals surface area contributed by atoms with E-state index in [1.807, 2.05) is 6.08 Å². The van der Waals surface area contributed by atoms with Crippen LogP contribution in [0, 0.1) is 0 Å².